The van der Waals surface area contributed by atoms with Gasteiger partial charge in [-0.3, -0.25) is 4.79 Å². The summed E-state index contributed by atoms with van der Waals surface area (Å²) in [5.41, 5.74) is 0. The highest BCUT2D eigenvalue weighted by Crippen LogP contribution is 2.21. The number of carbonyl (C=O) groups is 2. The lowest BCUT2D eigenvalue weighted by Crippen LogP contribution is -2.41. The summed E-state index contributed by atoms with van der Waals surface area (Å²) in [7, 11) is 0. The van der Waals surface area contributed by atoms with Crippen molar-refractivity contribution in [2.24, 2.45) is 5.92 Å². The zero-order chi connectivity index (χ0) is 23.4. The first kappa shape index (κ1) is 27.4. The van der Waals surface area contributed by atoms with Crippen LogP contribution >= 0.6 is 0 Å². The monoisotopic (exact) mass is 439 g/mol. The van der Waals surface area contributed by atoms with Crippen LogP contribution in [-0.2, 0) is 14.3 Å². The van der Waals surface area contributed by atoms with Crippen LogP contribution < -0.4 is 5.32 Å². The molecule has 0 unspecified atom stereocenters. The number of ether oxygens (including phenoxy) is 1. The minimum Gasteiger partial charge on any atom is -0.461 e. The fourth-order valence-corrected chi connectivity index (χ4v) is 3.14. The van der Waals surface area contributed by atoms with Crippen molar-refractivity contribution in [3.05, 3.63) is 72.9 Å². The van der Waals surface area contributed by atoms with Crippen LogP contribution in [0.4, 0.5) is 0 Å². The van der Waals surface area contributed by atoms with Crippen molar-refractivity contribution < 1.29 is 14.3 Å². The van der Waals surface area contributed by atoms with Crippen LogP contribution in [0.1, 0.15) is 72.1 Å². The molecule has 0 spiro atoms. The van der Waals surface area contributed by atoms with Crippen LogP contribution in [0.2, 0.25) is 0 Å². The van der Waals surface area contributed by atoms with Gasteiger partial charge in [0.2, 0.25) is 5.91 Å². The minimum atomic E-state index is -0.511. The molecule has 0 radical (unpaired) electrons. The quantitative estimate of drug-likeness (QED) is 0.233. The van der Waals surface area contributed by atoms with Crippen molar-refractivity contribution in [1.82, 2.24) is 5.32 Å². The van der Waals surface area contributed by atoms with Gasteiger partial charge in [-0.15, -0.1) is 0 Å². The van der Waals surface area contributed by atoms with E-state index in [2.05, 4.69) is 79.1 Å². The molecule has 1 rings (SSSR count). The third kappa shape index (κ3) is 12.9. The highest BCUT2D eigenvalue weighted by molar-refractivity contribution is 5.86. The summed E-state index contributed by atoms with van der Waals surface area (Å²) in [5, 5.41) is 2.79. The number of hydrogen-bond donors (Lipinski definition) is 1. The Hall–Kier alpha value is -2.62. The first-order valence-corrected chi connectivity index (χ1v) is 12.0. The highest BCUT2D eigenvalue weighted by atomic mass is 16.6. The molecule has 4 heteroatoms. The first-order chi connectivity index (χ1) is 15.6. The molecule has 1 heterocycles. The van der Waals surface area contributed by atoms with Gasteiger partial charge in [0, 0.05) is 12.3 Å². The third-order valence-corrected chi connectivity index (χ3v) is 5.27. The Bertz CT molecular complexity index is 712. The lowest BCUT2D eigenvalue weighted by Gasteiger charge is -2.14. The zero-order valence-corrected chi connectivity index (χ0v) is 20.0. The number of esters is 1. The average Bonchev–Trinajstić information content (AvgIpc) is 3.01. The molecule has 3 atom stereocenters. The highest BCUT2D eigenvalue weighted by Gasteiger charge is 2.39. The molecule has 0 aromatic carbocycles. The largest absolute Gasteiger partial charge is 0.461 e. The van der Waals surface area contributed by atoms with E-state index >= 15 is 0 Å². The van der Waals surface area contributed by atoms with Gasteiger partial charge >= 0.3 is 5.97 Å². The summed E-state index contributed by atoms with van der Waals surface area (Å²) >= 11 is 0. The van der Waals surface area contributed by atoms with Crippen LogP contribution in [0.25, 0.3) is 0 Å². The van der Waals surface area contributed by atoms with Crippen molar-refractivity contribution in [3.8, 4) is 0 Å². The summed E-state index contributed by atoms with van der Waals surface area (Å²) in [4.78, 5) is 23.7. The Morgan fingerprint density at radius 1 is 0.781 bits per heavy atom. The fourth-order valence-electron chi connectivity index (χ4n) is 3.14. The van der Waals surface area contributed by atoms with Crippen molar-refractivity contribution in [1.29, 1.82) is 0 Å². The molecule has 4 nitrogen and oxygen atoms in total. The predicted octanol–water partition coefficient (Wildman–Crippen LogP) is 6.53. The maximum Gasteiger partial charge on any atom is 0.329 e. The SMILES string of the molecule is CC/C=C\C/C=C\C/C=C\C/C=C\C/C=C\C/C=C/CCC(=O)N[C@@H]1C(=O)O[C@@H](C)[C@@H]1C. The molecule has 0 saturated carbocycles. The van der Waals surface area contributed by atoms with Gasteiger partial charge in [0.1, 0.15) is 12.1 Å². The molecule has 1 fully saturated rings. The summed E-state index contributed by atoms with van der Waals surface area (Å²) < 4.78 is 5.14. The molecule has 32 heavy (non-hydrogen) atoms. The second-order valence-corrected chi connectivity index (χ2v) is 8.00. The van der Waals surface area contributed by atoms with Crippen molar-refractivity contribution >= 4 is 11.9 Å². The number of amides is 1. The topological polar surface area (TPSA) is 55.4 Å². The zero-order valence-electron chi connectivity index (χ0n) is 20.0. The molecule has 1 aliphatic heterocycles. The normalized spacial score (nSPS) is 22.0. The number of carbonyl (C=O) groups excluding carboxylic acids is 2. The summed E-state index contributed by atoms with van der Waals surface area (Å²) in [6.45, 7) is 5.92. The van der Waals surface area contributed by atoms with Crippen molar-refractivity contribution in [2.45, 2.75) is 84.3 Å². The Kier molecular flexibility index (Phi) is 15.4. The van der Waals surface area contributed by atoms with E-state index in [-0.39, 0.29) is 23.9 Å². The van der Waals surface area contributed by atoms with Gasteiger partial charge in [0.05, 0.1) is 0 Å². The molecule has 1 aliphatic rings. The van der Waals surface area contributed by atoms with E-state index in [0.29, 0.717) is 12.8 Å². The molecule has 1 amide bonds. The number of cyclic esters (lactones) is 1. The number of allylic oxidation sites excluding steroid dienone is 12. The Morgan fingerprint density at radius 3 is 1.62 bits per heavy atom. The number of nitrogens with one attached hydrogen (secondary N) is 1. The summed E-state index contributed by atoms with van der Waals surface area (Å²) in [6.07, 6.45) is 32.7. The smallest absolute Gasteiger partial charge is 0.329 e. The standard InChI is InChI=1S/C28H41NO3/c1-4-5-6-7-8-9-10-11-12-13-14-15-16-17-18-19-20-21-22-23-26(30)29-27-24(2)25(3)32-28(27)31/h5-6,8-9,11-12,14-15,17-18,20-21,24-25,27H,4,7,10,13,16,19,22-23H2,1-3H3,(H,29,30)/b6-5-,9-8-,12-11-,15-14-,18-17-,21-20+/t24-,25-,27-/m0/s1. The van der Waals surface area contributed by atoms with Crippen molar-refractivity contribution in [3.63, 3.8) is 0 Å². The molecule has 176 valence electrons. The summed E-state index contributed by atoms with van der Waals surface area (Å²) in [6, 6.07) is -0.511. The van der Waals surface area contributed by atoms with Gasteiger partial charge in [0.15, 0.2) is 0 Å². The van der Waals surface area contributed by atoms with Gasteiger partial charge in [-0.25, -0.2) is 4.79 Å². The van der Waals surface area contributed by atoms with E-state index in [9.17, 15) is 9.59 Å². The van der Waals surface area contributed by atoms with Gasteiger partial charge < -0.3 is 10.1 Å². The first-order valence-electron chi connectivity index (χ1n) is 12.0. The van der Waals surface area contributed by atoms with Crippen LogP contribution in [0.15, 0.2) is 72.9 Å². The fraction of sp³-hybridized carbons (Fsp3) is 0.500. The molecular formula is C28H41NO3. The maximum absolute atomic E-state index is 12.0. The minimum absolute atomic E-state index is 0.0114. The van der Waals surface area contributed by atoms with E-state index < -0.39 is 6.04 Å². The number of hydrogen-bond acceptors (Lipinski definition) is 3. The average molecular weight is 440 g/mol. The second-order valence-electron chi connectivity index (χ2n) is 8.00. The Balaban J connectivity index is 2.02. The predicted molar refractivity (Wildman–Crippen MR) is 134 cm³/mol. The lowest BCUT2D eigenvalue weighted by atomic mass is 10.00. The molecule has 0 aromatic rings. The van der Waals surface area contributed by atoms with Gasteiger partial charge in [-0.05, 0) is 51.9 Å². The van der Waals surface area contributed by atoms with Gasteiger partial charge in [0.25, 0.3) is 0 Å². The Labute approximate surface area is 194 Å². The van der Waals surface area contributed by atoms with Crippen LogP contribution in [0.3, 0.4) is 0 Å². The second kappa shape index (κ2) is 18.0. The summed E-state index contributed by atoms with van der Waals surface area (Å²) in [5.74, 6) is -0.419. The number of rotatable bonds is 15. The molecule has 1 N–H and O–H groups in total. The van der Waals surface area contributed by atoms with E-state index in [4.69, 9.17) is 4.74 Å². The lowest BCUT2D eigenvalue weighted by molar-refractivity contribution is -0.143. The molecule has 0 aliphatic carbocycles. The van der Waals surface area contributed by atoms with E-state index in [1.807, 2.05) is 19.9 Å². The molecule has 1 saturated heterocycles. The maximum atomic E-state index is 12.0. The van der Waals surface area contributed by atoms with Gasteiger partial charge in [-0.1, -0.05) is 86.8 Å². The Morgan fingerprint density at radius 2 is 1.22 bits per heavy atom. The van der Waals surface area contributed by atoms with E-state index in [0.717, 1.165) is 38.5 Å². The van der Waals surface area contributed by atoms with Gasteiger partial charge in [-0.2, -0.15) is 0 Å². The van der Waals surface area contributed by atoms with Crippen LogP contribution in [0.5, 0.6) is 0 Å². The van der Waals surface area contributed by atoms with Crippen molar-refractivity contribution in [2.75, 3.05) is 0 Å². The van der Waals surface area contributed by atoms with E-state index in [1.165, 1.54) is 0 Å². The third-order valence-electron chi connectivity index (χ3n) is 5.27. The van der Waals surface area contributed by atoms with E-state index in [1.54, 1.807) is 0 Å². The molecular weight excluding hydrogens is 398 g/mol. The van der Waals surface area contributed by atoms with Crippen LogP contribution in [0, 0.1) is 5.92 Å². The molecule has 0 aromatic heterocycles. The molecule has 0 bridgehead atoms. The van der Waals surface area contributed by atoms with Crippen LogP contribution in [-0.4, -0.2) is 24.0 Å².